The molecule has 3 aromatic rings. The van der Waals surface area contributed by atoms with Gasteiger partial charge in [-0.1, -0.05) is 18.2 Å². The molecule has 4 N–H and O–H groups in total. The zero-order chi connectivity index (χ0) is 17.4. The van der Waals surface area contributed by atoms with Gasteiger partial charge < -0.3 is 25.4 Å². The van der Waals surface area contributed by atoms with Crippen molar-refractivity contribution in [2.75, 3.05) is 11.9 Å². The van der Waals surface area contributed by atoms with Crippen LogP contribution in [-0.4, -0.2) is 59.8 Å². The third-order valence-corrected chi connectivity index (χ3v) is 4.19. The molecule has 1 fully saturated rings. The molecule has 0 saturated carbocycles. The summed E-state index contributed by atoms with van der Waals surface area (Å²) in [5, 5.41) is 32.5. The first-order valence-electron chi connectivity index (χ1n) is 7.81. The zero-order valence-electron chi connectivity index (χ0n) is 13.1. The molecule has 1 saturated heterocycles. The number of imidazole rings is 1. The first-order chi connectivity index (χ1) is 12.2. The first kappa shape index (κ1) is 15.9. The molecule has 0 spiro atoms. The summed E-state index contributed by atoms with van der Waals surface area (Å²) in [5.41, 5.74) is 1.80. The Morgan fingerprint density at radius 3 is 2.60 bits per heavy atom. The Labute approximate surface area is 142 Å². The van der Waals surface area contributed by atoms with Gasteiger partial charge in [0.2, 0.25) is 0 Å². The summed E-state index contributed by atoms with van der Waals surface area (Å²) in [7, 11) is 0. The van der Waals surface area contributed by atoms with Crippen molar-refractivity contribution in [3.63, 3.8) is 0 Å². The van der Waals surface area contributed by atoms with Crippen molar-refractivity contribution in [1.82, 2.24) is 19.5 Å². The van der Waals surface area contributed by atoms with Crippen LogP contribution in [0.15, 0.2) is 43.0 Å². The maximum atomic E-state index is 10.2. The van der Waals surface area contributed by atoms with Crippen LogP contribution in [0.4, 0.5) is 11.5 Å². The van der Waals surface area contributed by atoms with Crippen LogP contribution in [-0.2, 0) is 4.74 Å². The van der Waals surface area contributed by atoms with Gasteiger partial charge in [0.25, 0.3) is 0 Å². The fraction of sp³-hybridized carbons (Fsp3) is 0.312. The van der Waals surface area contributed by atoms with E-state index < -0.39 is 31.1 Å². The largest absolute Gasteiger partial charge is 0.394 e. The number of anilines is 2. The van der Waals surface area contributed by atoms with E-state index in [0.29, 0.717) is 17.0 Å². The van der Waals surface area contributed by atoms with Gasteiger partial charge in [-0.15, -0.1) is 0 Å². The Bertz CT molecular complexity index is 871. The number of ether oxygens (including phenoxy) is 1. The molecule has 3 heterocycles. The summed E-state index contributed by atoms with van der Waals surface area (Å²) < 4.78 is 7.06. The fourth-order valence-electron chi connectivity index (χ4n) is 2.90. The molecule has 9 heteroatoms. The minimum absolute atomic E-state index is 0.392. The van der Waals surface area contributed by atoms with Crippen LogP contribution in [0.1, 0.15) is 6.23 Å². The van der Waals surface area contributed by atoms with E-state index in [0.717, 1.165) is 5.69 Å². The Balaban J connectivity index is 1.70. The van der Waals surface area contributed by atoms with Crippen LogP contribution in [0.2, 0.25) is 0 Å². The topological polar surface area (TPSA) is 126 Å². The Morgan fingerprint density at radius 1 is 1.08 bits per heavy atom. The summed E-state index contributed by atoms with van der Waals surface area (Å²) in [4.78, 5) is 12.7. The number of benzene rings is 1. The third kappa shape index (κ3) is 2.72. The molecule has 1 aliphatic heterocycles. The lowest BCUT2D eigenvalue weighted by Gasteiger charge is -2.16. The molecule has 0 radical (unpaired) electrons. The molecule has 0 unspecified atom stereocenters. The van der Waals surface area contributed by atoms with E-state index in [1.807, 2.05) is 30.3 Å². The second-order valence-electron chi connectivity index (χ2n) is 5.77. The van der Waals surface area contributed by atoms with E-state index in [-0.39, 0.29) is 0 Å². The lowest BCUT2D eigenvalue weighted by atomic mass is 10.1. The summed E-state index contributed by atoms with van der Waals surface area (Å²) in [5.74, 6) is 0.515. The van der Waals surface area contributed by atoms with Crippen LogP contribution in [0, 0.1) is 0 Å². The van der Waals surface area contributed by atoms with Crippen LogP contribution in [0.3, 0.4) is 0 Å². The van der Waals surface area contributed by atoms with Crippen molar-refractivity contribution in [2.45, 2.75) is 24.5 Å². The number of nitrogens with zero attached hydrogens (tertiary/aromatic N) is 4. The van der Waals surface area contributed by atoms with Gasteiger partial charge in [-0.3, -0.25) is 4.57 Å². The quantitative estimate of drug-likeness (QED) is 0.529. The highest BCUT2D eigenvalue weighted by Gasteiger charge is 2.44. The Morgan fingerprint density at radius 2 is 1.88 bits per heavy atom. The van der Waals surface area contributed by atoms with E-state index in [2.05, 4.69) is 20.3 Å². The van der Waals surface area contributed by atoms with Gasteiger partial charge in [-0.2, -0.15) is 0 Å². The molecule has 1 aliphatic rings. The normalized spacial score (nSPS) is 26.2. The van der Waals surface area contributed by atoms with E-state index in [1.165, 1.54) is 17.2 Å². The molecule has 4 atom stereocenters. The summed E-state index contributed by atoms with van der Waals surface area (Å²) in [6, 6.07) is 9.52. The second kappa shape index (κ2) is 6.37. The van der Waals surface area contributed by atoms with Crippen LogP contribution in [0.5, 0.6) is 0 Å². The van der Waals surface area contributed by atoms with E-state index in [4.69, 9.17) is 4.74 Å². The average molecular weight is 343 g/mol. The van der Waals surface area contributed by atoms with Crippen LogP contribution < -0.4 is 5.32 Å². The fourth-order valence-corrected chi connectivity index (χ4v) is 2.90. The van der Waals surface area contributed by atoms with Gasteiger partial charge in [0.1, 0.15) is 24.6 Å². The number of para-hydroxylation sites is 1. The standard InChI is InChI=1S/C16H17N5O4/c22-6-10-12(23)13(24)16(25-10)21-8-19-11-14(17-7-18-15(11)21)20-9-4-2-1-3-5-9/h1-5,7-8,10,12-13,16,22-24H,6H2,(H,17,18,20)/t10-,12-,13+,16-/m1/s1. The number of aliphatic hydroxyl groups is 3. The Hall–Kier alpha value is -2.59. The first-order valence-corrected chi connectivity index (χ1v) is 7.81. The summed E-state index contributed by atoms with van der Waals surface area (Å²) >= 11 is 0. The van der Waals surface area contributed by atoms with Crippen molar-refractivity contribution in [2.24, 2.45) is 0 Å². The van der Waals surface area contributed by atoms with Gasteiger partial charge in [-0.25, -0.2) is 15.0 Å². The molecular weight excluding hydrogens is 326 g/mol. The number of aliphatic hydroxyl groups excluding tert-OH is 3. The number of hydrogen-bond acceptors (Lipinski definition) is 8. The molecule has 4 rings (SSSR count). The molecule has 130 valence electrons. The second-order valence-corrected chi connectivity index (χ2v) is 5.77. The molecule has 0 bridgehead atoms. The highest BCUT2D eigenvalue weighted by molar-refractivity contribution is 5.85. The molecule has 25 heavy (non-hydrogen) atoms. The van der Waals surface area contributed by atoms with E-state index in [9.17, 15) is 15.3 Å². The lowest BCUT2D eigenvalue weighted by molar-refractivity contribution is -0.0511. The molecule has 2 aromatic heterocycles. The van der Waals surface area contributed by atoms with Crippen molar-refractivity contribution in [1.29, 1.82) is 0 Å². The van der Waals surface area contributed by atoms with E-state index >= 15 is 0 Å². The number of aromatic nitrogens is 4. The maximum absolute atomic E-state index is 10.2. The van der Waals surface area contributed by atoms with Gasteiger partial charge in [0, 0.05) is 5.69 Å². The molecular formula is C16H17N5O4. The monoisotopic (exact) mass is 343 g/mol. The number of rotatable bonds is 4. The van der Waals surface area contributed by atoms with Crippen molar-refractivity contribution in [3.05, 3.63) is 43.0 Å². The maximum Gasteiger partial charge on any atom is 0.167 e. The third-order valence-electron chi connectivity index (χ3n) is 4.19. The lowest BCUT2D eigenvalue weighted by Crippen LogP contribution is -2.33. The Kier molecular flexibility index (Phi) is 4.06. The van der Waals surface area contributed by atoms with Gasteiger partial charge in [-0.05, 0) is 12.1 Å². The molecule has 0 amide bonds. The summed E-state index contributed by atoms with van der Waals surface area (Å²) in [6.45, 7) is -0.392. The SMILES string of the molecule is OC[C@H]1O[C@@H](n2cnc3c(Nc4ccccc4)ncnc32)[C@@H](O)[C@@H]1O. The number of fused-ring (bicyclic) bond motifs is 1. The zero-order valence-corrected chi connectivity index (χ0v) is 13.1. The number of nitrogens with one attached hydrogen (secondary N) is 1. The van der Waals surface area contributed by atoms with E-state index in [1.54, 1.807) is 0 Å². The summed E-state index contributed by atoms with van der Waals surface area (Å²) in [6.07, 6.45) is -1.28. The van der Waals surface area contributed by atoms with Gasteiger partial charge in [0.05, 0.1) is 12.9 Å². The molecule has 9 nitrogen and oxygen atoms in total. The van der Waals surface area contributed by atoms with Crippen molar-refractivity contribution >= 4 is 22.7 Å². The minimum atomic E-state index is -1.20. The molecule has 0 aliphatic carbocycles. The molecule has 1 aromatic carbocycles. The predicted molar refractivity (Wildman–Crippen MR) is 88.1 cm³/mol. The van der Waals surface area contributed by atoms with Crippen molar-refractivity contribution in [3.8, 4) is 0 Å². The van der Waals surface area contributed by atoms with Gasteiger partial charge >= 0.3 is 0 Å². The smallest absolute Gasteiger partial charge is 0.167 e. The highest BCUT2D eigenvalue weighted by Crippen LogP contribution is 2.32. The highest BCUT2D eigenvalue weighted by atomic mass is 16.6. The average Bonchev–Trinajstić information content (AvgIpc) is 3.18. The number of hydrogen-bond donors (Lipinski definition) is 4. The van der Waals surface area contributed by atoms with Gasteiger partial charge in [0.15, 0.2) is 23.2 Å². The minimum Gasteiger partial charge on any atom is -0.394 e. The van der Waals surface area contributed by atoms with Crippen molar-refractivity contribution < 1.29 is 20.1 Å². The van der Waals surface area contributed by atoms with Crippen LogP contribution in [0.25, 0.3) is 11.2 Å². The predicted octanol–water partition coefficient (Wildman–Crippen LogP) is 0.181. The van der Waals surface area contributed by atoms with Crippen LogP contribution >= 0.6 is 0 Å².